The lowest BCUT2D eigenvalue weighted by atomic mass is 10.0. The number of phenolic OH excluding ortho intramolecular Hbond substituents is 1. The largest absolute Gasteiger partial charge is 0.508 e. The summed E-state index contributed by atoms with van der Waals surface area (Å²) in [6.45, 7) is 4.80. The number of rotatable bonds is 5. The zero-order valence-corrected chi connectivity index (χ0v) is 16.7. The van der Waals surface area contributed by atoms with Crippen molar-refractivity contribution in [2.45, 2.75) is 44.8 Å². The molecule has 3 N–H and O–H groups in total. The van der Waals surface area contributed by atoms with E-state index in [1.807, 2.05) is 0 Å². The van der Waals surface area contributed by atoms with Crippen LogP contribution in [0.3, 0.4) is 0 Å². The highest BCUT2D eigenvalue weighted by molar-refractivity contribution is 5.27. The van der Waals surface area contributed by atoms with Crippen LogP contribution in [0, 0.1) is 11.8 Å². The second-order valence-electron chi connectivity index (χ2n) is 8.21. The number of aryl methyl sites for hydroxylation is 1. The molecule has 4 heteroatoms. The highest BCUT2D eigenvalue weighted by Gasteiger charge is 2.40. The molecule has 4 atom stereocenters. The molecule has 0 radical (unpaired) electrons. The molecule has 28 heavy (non-hydrogen) atoms. The van der Waals surface area contributed by atoms with Gasteiger partial charge in [-0.05, 0) is 54.4 Å². The van der Waals surface area contributed by atoms with E-state index in [2.05, 4.69) is 42.2 Å². The number of β-amino-alcohol motifs (C(OH)–C–C–N with tert-alkyl or cyclic N) is 1. The molecule has 0 spiro atoms. The smallest absolute Gasteiger partial charge is 0.115 e. The van der Waals surface area contributed by atoms with E-state index in [0.29, 0.717) is 18.4 Å². The Morgan fingerprint density at radius 3 is 2.14 bits per heavy atom. The number of aromatic hydroxyl groups is 1. The van der Waals surface area contributed by atoms with E-state index < -0.39 is 6.10 Å². The van der Waals surface area contributed by atoms with Gasteiger partial charge in [0.25, 0.3) is 0 Å². The summed E-state index contributed by atoms with van der Waals surface area (Å²) in [5, 5.41) is 29.1. The molecule has 2 aromatic carbocycles. The first-order valence-electron chi connectivity index (χ1n) is 10.5. The maximum atomic E-state index is 10.2. The quantitative estimate of drug-likeness (QED) is 0.735. The van der Waals surface area contributed by atoms with Crippen LogP contribution in [-0.4, -0.2) is 46.0 Å². The van der Waals surface area contributed by atoms with Crippen molar-refractivity contribution in [1.29, 1.82) is 0 Å². The molecule has 1 aliphatic carbocycles. The van der Waals surface area contributed by atoms with E-state index in [1.165, 1.54) is 18.4 Å². The molecule has 1 saturated carbocycles. The van der Waals surface area contributed by atoms with Gasteiger partial charge in [-0.15, -0.1) is 0 Å². The summed E-state index contributed by atoms with van der Waals surface area (Å²) in [6.07, 6.45) is 3.65. The highest BCUT2D eigenvalue weighted by atomic mass is 16.3. The van der Waals surface area contributed by atoms with Crippen molar-refractivity contribution in [3.05, 3.63) is 65.7 Å². The van der Waals surface area contributed by atoms with E-state index in [4.69, 9.17) is 0 Å². The van der Waals surface area contributed by atoms with Gasteiger partial charge in [0.05, 0.1) is 12.2 Å². The SMILES string of the molecule is CCCc1ccccc1.Oc1ccc(C(O)CN2C[C@H]3CC(O)C[C@H]3C2)cc1. The number of hydrogen-bond acceptors (Lipinski definition) is 4. The van der Waals surface area contributed by atoms with Crippen LogP contribution in [0.15, 0.2) is 54.6 Å². The van der Waals surface area contributed by atoms with Gasteiger partial charge in [0, 0.05) is 19.6 Å². The molecule has 1 heterocycles. The molecule has 2 aliphatic rings. The standard InChI is InChI=1S/C15H21NO3.C9H12/c17-13-3-1-10(2-4-13)15(19)9-16-7-11-5-14(18)6-12(11)8-16;1-2-6-9-7-4-3-5-8-9/h1-4,11-12,14-15,17-19H,5-9H2;3-5,7-8H,2,6H2,1H3/t11-,12+,14?,15?;. The van der Waals surface area contributed by atoms with Crippen LogP contribution < -0.4 is 0 Å². The molecule has 0 amide bonds. The Morgan fingerprint density at radius 1 is 0.964 bits per heavy atom. The van der Waals surface area contributed by atoms with Gasteiger partial charge in [0.15, 0.2) is 0 Å². The predicted molar refractivity (Wildman–Crippen MR) is 112 cm³/mol. The Hall–Kier alpha value is -1.88. The fourth-order valence-corrected chi connectivity index (χ4v) is 4.49. The number of phenols is 1. The van der Waals surface area contributed by atoms with Crippen molar-refractivity contribution in [1.82, 2.24) is 4.90 Å². The van der Waals surface area contributed by atoms with Crippen molar-refractivity contribution in [2.75, 3.05) is 19.6 Å². The number of benzene rings is 2. The Balaban J connectivity index is 0.000000211. The molecule has 4 nitrogen and oxygen atoms in total. The average molecular weight is 384 g/mol. The topological polar surface area (TPSA) is 63.9 Å². The molecule has 2 fully saturated rings. The second kappa shape index (κ2) is 10.1. The monoisotopic (exact) mass is 383 g/mol. The van der Waals surface area contributed by atoms with E-state index in [1.54, 1.807) is 24.3 Å². The van der Waals surface area contributed by atoms with Gasteiger partial charge in [0.1, 0.15) is 5.75 Å². The van der Waals surface area contributed by atoms with E-state index in [9.17, 15) is 15.3 Å². The van der Waals surface area contributed by atoms with Crippen molar-refractivity contribution in [3.63, 3.8) is 0 Å². The summed E-state index contributed by atoms with van der Waals surface area (Å²) in [5.74, 6) is 1.42. The normalized spacial score (nSPS) is 25.0. The zero-order chi connectivity index (χ0) is 19.9. The zero-order valence-electron chi connectivity index (χ0n) is 16.7. The number of aliphatic hydroxyl groups is 2. The fourth-order valence-electron chi connectivity index (χ4n) is 4.49. The van der Waals surface area contributed by atoms with Crippen LogP contribution in [0.4, 0.5) is 0 Å². The number of fused-ring (bicyclic) bond motifs is 1. The Kier molecular flexibility index (Phi) is 7.49. The molecule has 0 bridgehead atoms. The number of nitrogens with zero attached hydrogens (tertiary/aromatic N) is 1. The minimum atomic E-state index is -0.510. The first-order valence-corrected chi connectivity index (χ1v) is 10.5. The van der Waals surface area contributed by atoms with Crippen LogP contribution >= 0.6 is 0 Å². The lowest BCUT2D eigenvalue weighted by Gasteiger charge is -2.21. The predicted octanol–water partition coefficient (Wildman–Crippen LogP) is 3.77. The van der Waals surface area contributed by atoms with Crippen LogP contribution in [0.1, 0.15) is 43.4 Å². The minimum Gasteiger partial charge on any atom is -0.508 e. The van der Waals surface area contributed by atoms with Gasteiger partial charge in [-0.2, -0.15) is 0 Å². The van der Waals surface area contributed by atoms with Gasteiger partial charge in [-0.3, -0.25) is 4.90 Å². The molecule has 1 saturated heterocycles. The molecular formula is C24H33NO3. The van der Waals surface area contributed by atoms with Crippen molar-refractivity contribution in [2.24, 2.45) is 11.8 Å². The number of aliphatic hydroxyl groups excluding tert-OH is 2. The van der Waals surface area contributed by atoms with Crippen molar-refractivity contribution in [3.8, 4) is 5.75 Å². The first kappa shape index (κ1) is 20.8. The van der Waals surface area contributed by atoms with Crippen LogP contribution in [0.5, 0.6) is 5.75 Å². The van der Waals surface area contributed by atoms with Gasteiger partial charge in [0.2, 0.25) is 0 Å². The molecule has 1 aliphatic heterocycles. The summed E-state index contributed by atoms with van der Waals surface area (Å²) in [4.78, 5) is 2.29. The third-order valence-corrected chi connectivity index (χ3v) is 5.89. The highest BCUT2D eigenvalue weighted by Crippen LogP contribution is 2.38. The van der Waals surface area contributed by atoms with E-state index >= 15 is 0 Å². The van der Waals surface area contributed by atoms with Crippen molar-refractivity contribution < 1.29 is 15.3 Å². The third kappa shape index (κ3) is 5.81. The van der Waals surface area contributed by atoms with Crippen LogP contribution in [-0.2, 0) is 6.42 Å². The lowest BCUT2D eigenvalue weighted by molar-refractivity contribution is 0.113. The Labute approximate surface area is 168 Å². The first-order chi connectivity index (χ1) is 13.5. The summed E-state index contributed by atoms with van der Waals surface area (Å²) >= 11 is 0. The van der Waals surface area contributed by atoms with E-state index in [0.717, 1.165) is 31.5 Å². The molecular weight excluding hydrogens is 350 g/mol. The van der Waals surface area contributed by atoms with Gasteiger partial charge in [-0.25, -0.2) is 0 Å². The maximum absolute atomic E-state index is 10.2. The maximum Gasteiger partial charge on any atom is 0.115 e. The second-order valence-corrected chi connectivity index (χ2v) is 8.21. The van der Waals surface area contributed by atoms with Gasteiger partial charge < -0.3 is 15.3 Å². The van der Waals surface area contributed by atoms with Crippen molar-refractivity contribution >= 4 is 0 Å². The lowest BCUT2D eigenvalue weighted by Crippen LogP contribution is -2.28. The van der Waals surface area contributed by atoms with Crippen LogP contribution in [0.25, 0.3) is 0 Å². The van der Waals surface area contributed by atoms with Crippen LogP contribution in [0.2, 0.25) is 0 Å². The third-order valence-electron chi connectivity index (χ3n) is 5.89. The van der Waals surface area contributed by atoms with Gasteiger partial charge in [-0.1, -0.05) is 55.8 Å². The summed E-state index contributed by atoms with van der Waals surface area (Å²) in [7, 11) is 0. The summed E-state index contributed by atoms with van der Waals surface area (Å²) < 4.78 is 0. The molecule has 152 valence electrons. The number of likely N-dealkylation sites (tertiary alicyclic amines) is 1. The fraction of sp³-hybridized carbons (Fsp3) is 0.500. The summed E-state index contributed by atoms with van der Waals surface area (Å²) in [5.41, 5.74) is 2.29. The molecule has 2 unspecified atom stereocenters. The molecule has 0 aromatic heterocycles. The minimum absolute atomic E-state index is 0.112. The Bertz CT molecular complexity index is 690. The Morgan fingerprint density at radius 2 is 1.57 bits per heavy atom. The molecule has 2 aromatic rings. The number of hydrogen-bond donors (Lipinski definition) is 3. The van der Waals surface area contributed by atoms with E-state index in [-0.39, 0.29) is 11.9 Å². The summed E-state index contributed by atoms with van der Waals surface area (Å²) in [6, 6.07) is 17.3. The molecule has 4 rings (SSSR count). The average Bonchev–Trinajstić information content (AvgIpc) is 3.20. The van der Waals surface area contributed by atoms with Gasteiger partial charge >= 0.3 is 0 Å².